The maximum atomic E-state index is 15.1. The lowest BCUT2D eigenvalue weighted by Gasteiger charge is -2.14. The molecule has 0 aliphatic rings. The van der Waals surface area contributed by atoms with Crippen LogP contribution in [0.5, 0.6) is 0 Å². The third-order valence-corrected chi connectivity index (χ3v) is 5.44. The predicted octanol–water partition coefficient (Wildman–Crippen LogP) is 6.59. The molecule has 3 rings (SSSR count). The van der Waals surface area contributed by atoms with E-state index in [1.807, 2.05) is 13.8 Å². The Morgan fingerprint density at radius 3 is 2.29 bits per heavy atom. The topological polar surface area (TPSA) is 44.3 Å². The van der Waals surface area contributed by atoms with E-state index < -0.39 is 17.8 Å². The van der Waals surface area contributed by atoms with Crippen LogP contribution in [0.3, 0.4) is 0 Å². The SMILES string of the molecule is C=C(O)c1ccc(C(C)c2ccc(-c3c(C(F)F)ccc(CCC)c3F)c[n+]2O)cc1. The third-order valence-electron chi connectivity index (χ3n) is 5.44. The van der Waals surface area contributed by atoms with Crippen molar-refractivity contribution in [2.75, 3.05) is 0 Å². The molecule has 0 bridgehead atoms. The van der Waals surface area contributed by atoms with Gasteiger partial charge < -0.3 is 5.11 Å². The summed E-state index contributed by atoms with van der Waals surface area (Å²) in [5.41, 5.74) is 1.91. The molecule has 162 valence electrons. The van der Waals surface area contributed by atoms with Crippen molar-refractivity contribution in [1.82, 2.24) is 0 Å². The van der Waals surface area contributed by atoms with Gasteiger partial charge in [0.1, 0.15) is 11.6 Å². The molecule has 31 heavy (non-hydrogen) atoms. The summed E-state index contributed by atoms with van der Waals surface area (Å²) in [6.07, 6.45) is -0.461. The Balaban J connectivity index is 2.02. The lowest BCUT2D eigenvalue weighted by Crippen LogP contribution is -2.36. The van der Waals surface area contributed by atoms with Gasteiger partial charge in [-0.3, -0.25) is 5.21 Å². The zero-order valence-corrected chi connectivity index (χ0v) is 17.4. The fourth-order valence-corrected chi connectivity index (χ4v) is 3.70. The summed E-state index contributed by atoms with van der Waals surface area (Å²) >= 11 is 0. The lowest BCUT2D eigenvalue weighted by molar-refractivity contribution is -0.909. The molecule has 0 spiro atoms. The molecular weight excluding hydrogens is 403 g/mol. The fraction of sp³-hybridized carbons (Fsp3) is 0.240. The number of aryl methyl sites for hydroxylation is 1. The number of aliphatic hydroxyl groups is 1. The number of aliphatic hydroxyl groups excluding tert-OH is 1. The van der Waals surface area contributed by atoms with E-state index in [-0.39, 0.29) is 22.8 Å². The summed E-state index contributed by atoms with van der Waals surface area (Å²) in [6, 6.07) is 12.8. The molecule has 3 aromatic rings. The second kappa shape index (κ2) is 9.25. The van der Waals surface area contributed by atoms with Crippen LogP contribution in [-0.2, 0) is 6.42 Å². The molecule has 1 heterocycles. The highest BCUT2D eigenvalue weighted by Crippen LogP contribution is 2.35. The van der Waals surface area contributed by atoms with E-state index in [4.69, 9.17) is 0 Å². The molecule has 3 nitrogen and oxygen atoms in total. The Hall–Kier alpha value is -3.28. The van der Waals surface area contributed by atoms with Gasteiger partial charge in [0, 0.05) is 27.5 Å². The van der Waals surface area contributed by atoms with Crippen LogP contribution in [0.15, 0.2) is 61.3 Å². The van der Waals surface area contributed by atoms with Crippen molar-refractivity contribution in [2.45, 2.75) is 39.0 Å². The van der Waals surface area contributed by atoms with Gasteiger partial charge in [0.25, 0.3) is 6.43 Å². The Labute approximate surface area is 179 Å². The number of hydrogen-bond donors (Lipinski definition) is 2. The standard InChI is InChI=1S/C25H24F3NO2/c1-4-5-19-10-12-21(25(27)28)23(24(19)26)20-11-13-22(29(31)14-20)15(2)17-6-8-18(9-7-17)16(3)30/h6-15,25H,3-5H2,1-2H3,(H-,30,31)/p+1. The quantitative estimate of drug-likeness (QED) is 0.253. The number of nitrogens with zero attached hydrogens (tertiary/aromatic N) is 1. The summed E-state index contributed by atoms with van der Waals surface area (Å²) in [6.45, 7) is 7.24. The van der Waals surface area contributed by atoms with Crippen LogP contribution < -0.4 is 4.73 Å². The van der Waals surface area contributed by atoms with E-state index in [1.165, 1.54) is 18.3 Å². The summed E-state index contributed by atoms with van der Waals surface area (Å²) in [5.74, 6) is -0.964. The Kier molecular flexibility index (Phi) is 6.68. The van der Waals surface area contributed by atoms with Crippen LogP contribution in [0.2, 0.25) is 0 Å². The highest BCUT2D eigenvalue weighted by molar-refractivity contribution is 5.68. The van der Waals surface area contributed by atoms with Crippen molar-refractivity contribution >= 4 is 5.76 Å². The maximum Gasteiger partial charge on any atom is 0.264 e. The molecule has 0 aliphatic heterocycles. The van der Waals surface area contributed by atoms with Gasteiger partial charge in [-0.2, -0.15) is 0 Å². The van der Waals surface area contributed by atoms with Crippen LogP contribution in [0.25, 0.3) is 16.9 Å². The van der Waals surface area contributed by atoms with Crippen molar-refractivity contribution in [2.24, 2.45) is 0 Å². The summed E-state index contributed by atoms with van der Waals surface area (Å²) in [5, 5.41) is 20.0. The fourth-order valence-electron chi connectivity index (χ4n) is 3.70. The zero-order valence-electron chi connectivity index (χ0n) is 17.4. The smallest absolute Gasteiger partial charge is 0.264 e. The van der Waals surface area contributed by atoms with E-state index in [9.17, 15) is 19.1 Å². The molecule has 6 heteroatoms. The van der Waals surface area contributed by atoms with Crippen molar-refractivity contribution in [3.63, 3.8) is 0 Å². The minimum absolute atomic E-state index is 0.0389. The van der Waals surface area contributed by atoms with E-state index in [0.29, 0.717) is 29.7 Å². The number of alkyl halides is 2. The van der Waals surface area contributed by atoms with Crippen molar-refractivity contribution in [1.29, 1.82) is 0 Å². The summed E-state index contributed by atoms with van der Waals surface area (Å²) in [7, 11) is 0. The second-order valence-corrected chi connectivity index (χ2v) is 7.53. The van der Waals surface area contributed by atoms with E-state index in [0.717, 1.165) is 10.3 Å². The number of hydrogen-bond acceptors (Lipinski definition) is 2. The minimum Gasteiger partial charge on any atom is -0.508 e. The average molecular weight is 428 g/mol. The largest absolute Gasteiger partial charge is 0.508 e. The van der Waals surface area contributed by atoms with Gasteiger partial charge in [0.15, 0.2) is 0 Å². The van der Waals surface area contributed by atoms with Crippen molar-refractivity contribution in [3.8, 4) is 11.1 Å². The number of halogens is 3. The Bertz CT molecular complexity index is 1090. The van der Waals surface area contributed by atoms with Crippen LogP contribution >= 0.6 is 0 Å². The molecule has 1 aromatic heterocycles. The molecule has 0 saturated carbocycles. The first kappa shape index (κ1) is 22.4. The van der Waals surface area contributed by atoms with Gasteiger partial charge in [-0.05, 0) is 30.5 Å². The highest BCUT2D eigenvalue weighted by atomic mass is 19.3. The monoisotopic (exact) mass is 428 g/mol. The second-order valence-electron chi connectivity index (χ2n) is 7.53. The molecule has 2 aromatic carbocycles. The summed E-state index contributed by atoms with van der Waals surface area (Å²) < 4.78 is 43.1. The Morgan fingerprint density at radius 2 is 1.74 bits per heavy atom. The van der Waals surface area contributed by atoms with E-state index in [2.05, 4.69) is 6.58 Å². The first-order valence-electron chi connectivity index (χ1n) is 10.1. The molecule has 1 atom stereocenters. The first-order valence-corrected chi connectivity index (χ1v) is 10.1. The van der Waals surface area contributed by atoms with Crippen LogP contribution in [0, 0.1) is 5.82 Å². The molecule has 0 aliphatic carbocycles. The third kappa shape index (κ3) is 4.58. The highest BCUT2D eigenvalue weighted by Gasteiger charge is 2.26. The first-order chi connectivity index (χ1) is 14.7. The number of rotatable bonds is 7. The number of benzene rings is 2. The molecular formula is C25H25F3NO2+. The molecule has 0 radical (unpaired) electrons. The molecule has 1 unspecified atom stereocenters. The number of aromatic nitrogens is 1. The minimum atomic E-state index is -2.84. The van der Waals surface area contributed by atoms with Gasteiger partial charge in [0.05, 0.1) is 11.5 Å². The van der Waals surface area contributed by atoms with Gasteiger partial charge in [-0.25, -0.2) is 13.2 Å². The van der Waals surface area contributed by atoms with E-state index >= 15 is 4.39 Å². The Morgan fingerprint density at radius 1 is 1.06 bits per heavy atom. The van der Waals surface area contributed by atoms with Crippen LogP contribution in [0.1, 0.15) is 60.6 Å². The molecule has 0 saturated heterocycles. The van der Waals surface area contributed by atoms with E-state index in [1.54, 1.807) is 36.4 Å². The van der Waals surface area contributed by atoms with Crippen LogP contribution in [-0.4, -0.2) is 10.3 Å². The predicted molar refractivity (Wildman–Crippen MR) is 114 cm³/mol. The molecule has 0 fully saturated rings. The maximum absolute atomic E-state index is 15.1. The van der Waals surface area contributed by atoms with Gasteiger partial charge in [-0.15, -0.1) is 0 Å². The normalized spacial score (nSPS) is 12.2. The van der Waals surface area contributed by atoms with Crippen molar-refractivity contribution in [3.05, 3.63) is 95.1 Å². The van der Waals surface area contributed by atoms with Crippen LogP contribution in [0.4, 0.5) is 13.2 Å². The summed E-state index contributed by atoms with van der Waals surface area (Å²) in [4.78, 5) is 0. The van der Waals surface area contributed by atoms with Crippen molar-refractivity contribution < 1.29 is 28.2 Å². The van der Waals surface area contributed by atoms with Gasteiger partial charge in [-0.1, -0.05) is 56.3 Å². The van der Waals surface area contributed by atoms with Gasteiger partial charge >= 0.3 is 0 Å². The zero-order chi connectivity index (χ0) is 22.7. The number of pyridine rings is 1. The lowest BCUT2D eigenvalue weighted by atomic mass is 9.93. The molecule has 2 N–H and O–H groups in total. The molecule has 0 amide bonds. The van der Waals surface area contributed by atoms with Gasteiger partial charge in [0.2, 0.25) is 11.9 Å². The average Bonchev–Trinajstić information content (AvgIpc) is 2.74.